The second-order valence-corrected chi connectivity index (χ2v) is 6.94. The molecule has 2 rings (SSSR count). The van der Waals surface area contributed by atoms with Gasteiger partial charge >= 0.3 is 0 Å². The van der Waals surface area contributed by atoms with Gasteiger partial charge in [-0.05, 0) is 30.7 Å². The molecule has 0 amide bonds. The minimum atomic E-state index is -3.73. The first-order chi connectivity index (χ1) is 11.9. The number of aryl methyl sites for hydroxylation is 1. The molecule has 1 N–H and O–H groups in total. The molecule has 0 fully saturated rings. The van der Waals surface area contributed by atoms with Crippen molar-refractivity contribution in [2.24, 2.45) is 0 Å². The summed E-state index contributed by atoms with van der Waals surface area (Å²) in [7, 11) is -0.683. The molecular weight excluding hydrogens is 349 g/mol. The van der Waals surface area contributed by atoms with E-state index in [0.29, 0.717) is 22.8 Å². The monoisotopic (exact) mass is 369 g/mol. The van der Waals surface area contributed by atoms with Crippen molar-refractivity contribution in [3.05, 3.63) is 47.8 Å². The zero-order valence-electron chi connectivity index (χ0n) is 14.2. The summed E-state index contributed by atoms with van der Waals surface area (Å²) in [6.45, 7) is 1.70. The van der Waals surface area contributed by atoms with Crippen LogP contribution in [0.2, 0.25) is 0 Å². The molecule has 0 bridgehead atoms. The Kier molecular flexibility index (Phi) is 6.22. The summed E-state index contributed by atoms with van der Waals surface area (Å²) >= 11 is 0. The zero-order chi connectivity index (χ0) is 18.4. The molecule has 0 aliphatic heterocycles. The Morgan fingerprint density at radius 3 is 2.16 bits per heavy atom. The van der Waals surface area contributed by atoms with Crippen LogP contribution in [0.3, 0.4) is 0 Å². The number of ether oxygens (including phenoxy) is 3. The third-order valence-electron chi connectivity index (χ3n) is 3.41. The van der Waals surface area contributed by atoms with E-state index in [1.807, 2.05) is 0 Å². The first-order valence-corrected chi connectivity index (χ1v) is 8.95. The smallest absolute Gasteiger partial charge is 0.240 e. The van der Waals surface area contributed by atoms with E-state index in [2.05, 4.69) is 4.72 Å². The molecule has 25 heavy (non-hydrogen) atoms. The SMILES string of the molecule is COc1cc(OC)cc(OCCNS(=O)(=O)c2ccc(F)cc2C)c1. The van der Waals surface area contributed by atoms with Crippen LogP contribution in [0.4, 0.5) is 4.39 Å². The van der Waals surface area contributed by atoms with Gasteiger partial charge in [0.2, 0.25) is 10.0 Å². The van der Waals surface area contributed by atoms with E-state index < -0.39 is 15.8 Å². The van der Waals surface area contributed by atoms with Gasteiger partial charge in [0, 0.05) is 24.7 Å². The Bertz CT molecular complexity index is 817. The van der Waals surface area contributed by atoms with Crippen LogP contribution in [-0.2, 0) is 10.0 Å². The van der Waals surface area contributed by atoms with Crippen molar-refractivity contribution in [1.82, 2.24) is 4.72 Å². The lowest BCUT2D eigenvalue weighted by Crippen LogP contribution is -2.28. The van der Waals surface area contributed by atoms with Gasteiger partial charge in [-0.2, -0.15) is 0 Å². The van der Waals surface area contributed by atoms with Crippen LogP contribution in [0, 0.1) is 12.7 Å². The molecule has 2 aromatic rings. The van der Waals surface area contributed by atoms with Crippen molar-refractivity contribution < 1.29 is 27.0 Å². The predicted octanol–water partition coefficient (Wildman–Crippen LogP) is 2.51. The normalized spacial score (nSPS) is 11.2. The fourth-order valence-corrected chi connectivity index (χ4v) is 3.44. The summed E-state index contributed by atoms with van der Waals surface area (Å²) in [5, 5.41) is 0. The van der Waals surface area contributed by atoms with Gasteiger partial charge in [-0.15, -0.1) is 0 Å². The summed E-state index contributed by atoms with van der Waals surface area (Å²) in [4.78, 5) is 0.0388. The lowest BCUT2D eigenvalue weighted by Gasteiger charge is -2.12. The largest absolute Gasteiger partial charge is 0.496 e. The maximum absolute atomic E-state index is 13.1. The van der Waals surface area contributed by atoms with E-state index >= 15 is 0 Å². The van der Waals surface area contributed by atoms with E-state index in [9.17, 15) is 12.8 Å². The Morgan fingerprint density at radius 1 is 1.00 bits per heavy atom. The van der Waals surface area contributed by atoms with Crippen molar-refractivity contribution >= 4 is 10.0 Å². The highest BCUT2D eigenvalue weighted by molar-refractivity contribution is 7.89. The average molecular weight is 369 g/mol. The molecule has 0 aliphatic rings. The number of sulfonamides is 1. The van der Waals surface area contributed by atoms with E-state index in [-0.39, 0.29) is 18.0 Å². The number of benzene rings is 2. The van der Waals surface area contributed by atoms with Gasteiger partial charge in [0.15, 0.2) is 0 Å². The van der Waals surface area contributed by atoms with Crippen molar-refractivity contribution in [2.45, 2.75) is 11.8 Å². The Hall–Kier alpha value is -2.32. The minimum absolute atomic E-state index is 0.0388. The molecule has 0 aliphatic carbocycles. The van der Waals surface area contributed by atoms with Gasteiger partial charge in [0.05, 0.1) is 19.1 Å². The molecule has 0 saturated carbocycles. The summed E-state index contributed by atoms with van der Waals surface area (Å²) in [5.74, 6) is 1.15. The summed E-state index contributed by atoms with van der Waals surface area (Å²) in [6.07, 6.45) is 0. The minimum Gasteiger partial charge on any atom is -0.496 e. The summed E-state index contributed by atoms with van der Waals surface area (Å²) in [6, 6.07) is 8.56. The Balaban J connectivity index is 1.96. The molecule has 0 saturated heterocycles. The number of methoxy groups -OCH3 is 2. The number of halogens is 1. The van der Waals surface area contributed by atoms with Crippen LogP contribution in [0.25, 0.3) is 0 Å². The van der Waals surface area contributed by atoms with Crippen LogP contribution in [0.5, 0.6) is 17.2 Å². The van der Waals surface area contributed by atoms with E-state index in [1.54, 1.807) is 18.2 Å². The highest BCUT2D eigenvalue weighted by Gasteiger charge is 2.16. The molecule has 0 atom stereocenters. The first kappa shape index (κ1) is 19.0. The van der Waals surface area contributed by atoms with Gasteiger partial charge in [-0.3, -0.25) is 0 Å². The number of hydrogen-bond donors (Lipinski definition) is 1. The quantitative estimate of drug-likeness (QED) is 0.724. The second kappa shape index (κ2) is 8.17. The second-order valence-electron chi connectivity index (χ2n) is 5.20. The number of nitrogens with one attached hydrogen (secondary N) is 1. The van der Waals surface area contributed by atoms with Crippen molar-refractivity contribution in [2.75, 3.05) is 27.4 Å². The van der Waals surface area contributed by atoms with Gasteiger partial charge in [-0.1, -0.05) is 0 Å². The van der Waals surface area contributed by atoms with Crippen molar-refractivity contribution in [3.8, 4) is 17.2 Å². The van der Waals surface area contributed by atoms with Crippen LogP contribution < -0.4 is 18.9 Å². The average Bonchev–Trinajstić information content (AvgIpc) is 2.58. The van der Waals surface area contributed by atoms with Gasteiger partial charge in [0.25, 0.3) is 0 Å². The number of rotatable bonds is 8. The lowest BCUT2D eigenvalue weighted by atomic mass is 10.2. The van der Waals surface area contributed by atoms with Gasteiger partial charge < -0.3 is 14.2 Å². The Morgan fingerprint density at radius 2 is 1.60 bits per heavy atom. The standard InChI is InChI=1S/C17H20FNO5S/c1-12-8-13(18)4-5-17(12)25(20,21)19-6-7-24-16-10-14(22-2)9-15(11-16)23-3/h4-5,8-11,19H,6-7H2,1-3H3. The van der Waals surface area contributed by atoms with E-state index in [0.717, 1.165) is 6.07 Å². The van der Waals surface area contributed by atoms with Gasteiger partial charge in [0.1, 0.15) is 29.7 Å². The van der Waals surface area contributed by atoms with Crippen LogP contribution in [-0.4, -0.2) is 35.8 Å². The van der Waals surface area contributed by atoms with Crippen molar-refractivity contribution in [3.63, 3.8) is 0 Å². The highest BCUT2D eigenvalue weighted by atomic mass is 32.2. The molecule has 6 nitrogen and oxygen atoms in total. The number of hydrogen-bond acceptors (Lipinski definition) is 5. The molecular formula is C17H20FNO5S. The van der Waals surface area contributed by atoms with Crippen LogP contribution in [0.15, 0.2) is 41.3 Å². The highest BCUT2D eigenvalue weighted by Crippen LogP contribution is 2.27. The summed E-state index contributed by atoms with van der Waals surface area (Å²) < 4.78 is 55.8. The van der Waals surface area contributed by atoms with E-state index in [4.69, 9.17) is 14.2 Å². The third kappa shape index (κ3) is 5.07. The Labute approximate surface area is 146 Å². The predicted molar refractivity (Wildman–Crippen MR) is 91.4 cm³/mol. The zero-order valence-corrected chi connectivity index (χ0v) is 15.0. The maximum Gasteiger partial charge on any atom is 0.240 e. The molecule has 0 heterocycles. The maximum atomic E-state index is 13.1. The van der Waals surface area contributed by atoms with Crippen LogP contribution >= 0.6 is 0 Å². The molecule has 0 spiro atoms. The molecule has 0 aromatic heterocycles. The fourth-order valence-electron chi connectivity index (χ4n) is 2.20. The molecule has 0 unspecified atom stereocenters. The third-order valence-corrected chi connectivity index (χ3v) is 5.04. The van der Waals surface area contributed by atoms with E-state index in [1.165, 1.54) is 33.3 Å². The van der Waals surface area contributed by atoms with Crippen LogP contribution in [0.1, 0.15) is 5.56 Å². The topological polar surface area (TPSA) is 73.9 Å². The fraction of sp³-hybridized carbons (Fsp3) is 0.294. The lowest BCUT2D eigenvalue weighted by molar-refractivity contribution is 0.316. The van der Waals surface area contributed by atoms with Gasteiger partial charge in [-0.25, -0.2) is 17.5 Å². The first-order valence-electron chi connectivity index (χ1n) is 7.47. The summed E-state index contributed by atoms with van der Waals surface area (Å²) in [5.41, 5.74) is 0.339. The molecule has 0 radical (unpaired) electrons. The molecule has 2 aromatic carbocycles. The molecule has 8 heteroatoms. The molecule has 136 valence electrons. The van der Waals surface area contributed by atoms with Crippen molar-refractivity contribution in [1.29, 1.82) is 0 Å².